The van der Waals surface area contributed by atoms with Crippen LogP contribution in [-0.4, -0.2) is 24.7 Å². The van der Waals surface area contributed by atoms with Gasteiger partial charge >= 0.3 is 0 Å². The maximum atomic E-state index is 11.6. The highest BCUT2D eigenvalue weighted by Gasteiger charge is 2.16. The maximum absolute atomic E-state index is 11.6. The van der Waals surface area contributed by atoms with Crippen LogP contribution in [0.5, 0.6) is 0 Å². The molecule has 1 atom stereocenters. The van der Waals surface area contributed by atoms with Gasteiger partial charge in [0.25, 0.3) is 0 Å². The fourth-order valence-electron chi connectivity index (χ4n) is 1.24. The second kappa shape index (κ2) is 6.87. The number of ether oxygens (including phenoxy) is 1. The Balaban J connectivity index is 2.34. The van der Waals surface area contributed by atoms with Gasteiger partial charge in [-0.15, -0.1) is 0 Å². The summed E-state index contributed by atoms with van der Waals surface area (Å²) < 4.78 is 6.22. The number of halogens is 1. The Kier molecular flexibility index (Phi) is 5.78. The minimum absolute atomic E-state index is 0.0132. The Bertz CT molecular complexity index is 408. The van der Waals surface area contributed by atoms with Gasteiger partial charge in [0.05, 0.1) is 6.61 Å². The van der Waals surface area contributed by atoms with Crippen LogP contribution in [0.15, 0.2) is 28.7 Å². The molecule has 0 saturated heterocycles. The number of hydrogen-bond donors (Lipinski definition) is 2. The normalized spacial score (nSPS) is 14.0. The zero-order valence-electron chi connectivity index (χ0n) is 10.7. The van der Waals surface area contributed by atoms with Gasteiger partial charge in [-0.3, -0.25) is 4.79 Å². The first-order valence-corrected chi connectivity index (χ1v) is 6.64. The molecule has 0 heterocycles. The molecular formula is C13H19BrN2O2. The number of rotatable bonds is 6. The summed E-state index contributed by atoms with van der Waals surface area (Å²) >= 11 is 3.34. The Labute approximate surface area is 116 Å². The monoisotopic (exact) mass is 314 g/mol. The molecule has 0 aliphatic heterocycles. The van der Waals surface area contributed by atoms with Crippen molar-refractivity contribution < 1.29 is 9.53 Å². The van der Waals surface area contributed by atoms with E-state index in [1.807, 2.05) is 38.1 Å². The van der Waals surface area contributed by atoms with Gasteiger partial charge < -0.3 is 15.8 Å². The van der Waals surface area contributed by atoms with E-state index in [2.05, 4.69) is 21.2 Å². The average Bonchev–Trinajstić information content (AvgIpc) is 2.28. The molecule has 1 rings (SSSR count). The summed E-state index contributed by atoms with van der Waals surface area (Å²) in [5, 5.41) is 2.75. The van der Waals surface area contributed by atoms with Gasteiger partial charge in [0.1, 0.15) is 6.61 Å². The van der Waals surface area contributed by atoms with E-state index in [0.717, 1.165) is 16.6 Å². The Morgan fingerprint density at radius 2 is 2.28 bits per heavy atom. The first kappa shape index (κ1) is 15.1. The molecule has 0 saturated carbocycles. The Morgan fingerprint density at radius 1 is 1.56 bits per heavy atom. The minimum atomic E-state index is -0.379. The van der Waals surface area contributed by atoms with E-state index in [1.165, 1.54) is 0 Å². The van der Waals surface area contributed by atoms with Crippen LogP contribution in [0.1, 0.15) is 20.3 Å². The molecule has 0 bridgehead atoms. The van der Waals surface area contributed by atoms with Gasteiger partial charge in [0, 0.05) is 15.7 Å². The lowest BCUT2D eigenvalue weighted by Crippen LogP contribution is -2.41. The van der Waals surface area contributed by atoms with Crippen molar-refractivity contribution in [3.63, 3.8) is 0 Å². The fourth-order valence-corrected chi connectivity index (χ4v) is 1.64. The van der Waals surface area contributed by atoms with Crippen LogP contribution in [0.3, 0.4) is 0 Å². The Morgan fingerprint density at radius 3 is 2.89 bits per heavy atom. The van der Waals surface area contributed by atoms with Crippen LogP contribution in [0.2, 0.25) is 0 Å². The molecule has 3 N–H and O–H groups in total. The highest BCUT2D eigenvalue weighted by atomic mass is 79.9. The fraction of sp³-hybridized carbons (Fsp3) is 0.462. The van der Waals surface area contributed by atoms with Crippen molar-refractivity contribution in [2.24, 2.45) is 5.73 Å². The predicted molar refractivity (Wildman–Crippen MR) is 76.5 cm³/mol. The zero-order valence-corrected chi connectivity index (χ0v) is 12.3. The van der Waals surface area contributed by atoms with Crippen molar-refractivity contribution in [3.8, 4) is 0 Å². The van der Waals surface area contributed by atoms with Crippen LogP contribution < -0.4 is 11.1 Å². The molecule has 1 aromatic carbocycles. The molecule has 0 spiro atoms. The molecule has 1 aromatic rings. The van der Waals surface area contributed by atoms with E-state index in [0.29, 0.717) is 6.61 Å². The van der Waals surface area contributed by atoms with Crippen LogP contribution in [-0.2, 0) is 9.53 Å². The number of carbonyl (C=O) groups excluding carboxylic acids is 1. The summed E-state index contributed by atoms with van der Waals surface area (Å²) in [6.07, 6.45) is 0.806. The molecule has 1 amide bonds. The van der Waals surface area contributed by atoms with Crippen molar-refractivity contribution >= 4 is 27.5 Å². The highest BCUT2D eigenvalue weighted by molar-refractivity contribution is 9.10. The molecule has 0 aliphatic carbocycles. The summed E-state index contributed by atoms with van der Waals surface area (Å²) in [5.74, 6) is -0.181. The van der Waals surface area contributed by atoms with Crippen molar-refractivity contribution in [3.05, 3.63) is 28.7 Å². The van der Waals surface area contributed by atoms with Gasteiger partial charge in [-0.1, -0.05) is 28.9 Å². The molecule has 100 valence electrons. The first-order chi connectivity index (χ1) is 8.43. The number of anilines is 1. The molecular weight excluding hydrogens is 296 g/mol. The first-order valence-electron chi connectivity index (χ1n) is 5.85. The van der Waals surface area contributed by atoms with Crippen molar-refractivity contribution in [1.82, 2.24) is 0 Å². The predicted octanol–water partition coefficient (Wildman–Crippen LogP) is 2.53. The number of benzene rings is 1. The third kappa shape index (κ3) is 5.62. The highest BCUT2D eigenvalue weighted by Crippen LogP contribution is 2.15. The maximum Gasteiger partial charge on any atom is 0.250 e. The second-order valence-electron chi connectivity index (χ2n) is 4.56. The summed E-state index contributed by atoms with van der Waals surface area (Å²) in [7, 11) is 0. The molecule has 18 heavy (non-hydrogen) atoms. The molecule has 0 fully saturated rings. The van der Waals surface area contributed by atoms with E-state index < -0.39 is 0 Å². The van der Waals surface area contributed by atoms with Gasteiger partial charge in [-0.05, 0) is 31.5 Å². The van der Waals surface area contributed by atoms with E-state index in [1.54, 1.807) is 0 Å². The molecule has 0 aliphatic rings. The smallest absolute Gasteiger partial charge is 0.250 e. The summed E-state index contributed by atoms with van der Waals surface area (Å²) in [5.41, 5.74) is 6.27. The molecule has 4 nitrogen and oxygen atoms in total. The average molecular weight is 315 g/mol. The standard InChI is InChI=1S/C13H19BrN2O2/c1-3-13(2,15)9-18-8-12(17)16-11-6-4-5-10(14)7-11/h4-7H,3,8-9,15H2,1-2H3,(H,16,17). The number of hydrogen-bond acceptors (Lipinski definition) is 3. The summed E-state index contributed by atoms with van der Waals surface area (Å²) in [6, 6.07) is 7.40. The van der Waals surface area contributed by atoms with Gasteiger partial charge in [0.15, 0.2) is 0 Å². The van der Waals surface area contributed by atoms with Gasteiger partial charge in [0.2, 0.25) is 5.91 Å². The third-order valence-corrected chi connectivity index (χ3v) is 3.07. The summed E-state index contributed by atoms with van der Waals surface area (Å²) in [4.78, 5) is 11.6. The van der Waals surface area contributed by atoms with Crippen LogP contribution >= 0.6 is 15.9 Å². The lowest BCUT2D eigenvalue weighted by Gasteiger charge is -2.22. The minimum Gasteiger partial charge on any atom is -0.370 e. The lowest BCUT2D eigenvalue weighted by atomic mass is 10.0. The van der Waals surface area contributed by atoms with Crippen molar-refractivity contribution in [2.75, 3.05) is 18.5 Å². The van der Waals surface area contributed by atoms with Crippen molar-refractivity contribution in [1.29, 1.82) is 0 Å². The van der Waals surface area contributed by atoms with Crippen LogP contribution in [0, 0.1) is 0 Å². The van der Waals surface area contributed by atoms with Crippen LogP contribution in [0.4, 0.5) is 5.69 Å². The zero-order chi connectivity index (χ0) is 13.6. The second-order valence-corrected chi connectivity index (χ2v) is 5.47. The molecule has 5 heteroatoms. The number of nitrogens with one attached hydrogen (secondary N) is 1. The molecule has 0 radical (unpaired) electrons. The molecule has 0 aromatic heterocycles. The van der Waals surface area contributed by atoms with E-state index in [4.69, 9.17) is 10.5 Å². The summed E-state index contributed by atoms with van der Waals surface area (Å²) in [6.45, 7) is 4.28. The van der Waals surface area contributed by atoms with Crippen LogP contribution in [0.25, 0.3) is 0 Å². The topological polar surface area (TPSA) is 64.3 Å². The molecule has 1 unspecified atom stereocenters. The van der Waals surface area contributed by atoms with Crippen molar-refractivity contribution in [2.45, 2.75) is 25.8 Å². The quantitative estimate of drug-likeness (QED) is 0.848. The number of carbonyl (C=O) groups is 1. The third-order valence-electron chi connectivity index (χ3n) is 2.58. The van der Waals surface area contributed by atoms with Gasteiger partial charge in [-0.25, -0.2) is 0 Å². The SMILES string of the molecule is CCC(C)(N)COCC(=O)Nc1cccc(Br)c1. The Hall–Kier alpha value is -0.910. The van der Waals surface area contributed by atoms with E-state index >= 15 is 0 Å². The van der Waals surface area contributed by atoms with E-state index in [-0.39, 0.29) is 18.1 Å². The lowest BCUT2D eigenvalue weighted by molar-refractivity contribution is -0.121. The largest absolute Gasteiger partial charge is 0.370 e. The van der Waals surface area contributed by atoms with E-state index in [9.17, 15) is 4.79 Å². The number of amides is 1. The number of nitrogens with two attached hydrogens (primary N) is 1. The van der Waals surface area contributed by atoms with Gasteiger partial charge in [-0.2, -0.15) is 0 Å².